The van der Waals surface area contributed by atoms with Crippen LogP contribution in [0.3, 0.4) is 0 Å². The summed E-state index contributed by atoms with van der Waals surface area (Å²) in [6.07, 6.45) is 1.87. The van der Waals surface area contributed by atoms with Gasteiger partial charge in [-0.2, -0.15) is 0 Å². The lowest BCUT2D eigenvalue weighted by molar-refractivity contribution is -0.123. The molecule has 25 heavy (non-hydrogen) atoms. The molecular formula is C17H27ClN2O4S. The van der Waals surface area contributed by atoms with Crippen molar-refractivity contribution < 1.29 is 17.9 Å². The molecule has 0 saturated carbocycles. The highest BCUT2D eigenvalue weighted by atomic mass is 35.5. The lowest BCUT2D eigenvalue weighted by Gasteiger charge is -2.14. The smallest absolute Gasteiger partial charge is 0.258 e. The molecule has 0 aliphatic rings. The van der Waals surface area contributed by atoms with Crippen molar-refractivity contribution in [3.63, 3.8) is 0 Å². The summed E-state index contributed by atoms with van der Waals surface area (Å²) < 4.78 is 32.2. The Morgan fingerprint density at radius 2 is 1.96 bits per heavy atom. The quantitative estimate of drug-likeness (QED) is 0.643. The number of carbonyl (C=O) groups excluding carboxylic acids is 1. The minimum atomic E-state index is -3.62. The number of benzene rings is 1. The van der Waals surface area contributed by atoms with E-state index >= 15 is 0 Å². The summed E-state index contributed by atoms with van der Waals surface area (Å²) in [5, 5.41) is 2.96. The molecule has 142 valence electrons. The molecule has 0 unspecified atom stereocenters. The summed E-state index contributed by atoms with van der Waals surface area (Å²) in [7, 11) is -3.62. The van der Waals surface area contributed by atoms with Crippen molar-refractivity contribution in [3.8, 4) is 5.75 Å². The number of hydrogen-bond acceptors (Lipinski definition) is 4. The van der Waals surface area contributed by atoms with Crippen LogP contribution in [-0.2, 0) is 14.8 Å². The highest BCUT2D eigenvalue weighted by Gasteiger charge is 2.17. The van der Waals surface area contributed by atoms with E-state index in [2.05, 4.69) is 10.0 Å². The first-order chi connectivity index (χ1) is 11.7. The van der Waals surface area contributed by atoms with E-state index in [1.165, 1.54) is 18.2 Å². The van der Waals surface area contributed by atoms with Crippen LogP contribution >= 0.6 is 11.6 Å². The van der Waals surface area contributed by atoms with Crippen LogP contribution in [0.1, 0.15) is 40.5 Å². The van der Waals surface area contributed by atoms with Crippen molar-refractivity contribution in [2.24, 2.45) is 5.92 Å². The molecule has 6 nitrogen and oxygen atoms in total. The van der Waals surface area contributed by atoms with Crippen molar-refractivity contribution in [1.82, 2.24) is 10.0 Å². The zero-order chi connectivity index (χ0) is 19.0. The Bertz CT molecular complexity index is 677. The minimum Gasteiger partial charge on any atom is -0.482 e. The molecule has 8 heteroatoms. The molecule has 0 aliphatic carbocycles. The summed E-state index contributed by atoms with van der Waals surface area (Å²) in [6, 6.07) is 4.25. The van der Waals surface area contributed by atoms with Gasteiger partial charge in [0.1, 0.15) is 5.75 Å². The Morgan fingerprint density at radius 1 is 1.28 bits per heavy atom. The first-order valence-corrected chi connectivity index (χ1v) is 10.2. The maximum absolute atomic E-state index is 12.2. The molecule has 0 saturated heterocycles. The second kappa shape index (κ2) is 9.99. The molecule has 0 heterocycles. The zero-order valence-electron chi connectivity index (χ0n) is 15.1. The number of carbonyl (C=O) groups is 1. The van der Waals surface area contributed by atoms with Gasteiger partial charge in [0.2, 0.25) is 10.0 Å². The van der Waals surface area contributed by atoms with Gasteiger partial charge in [-0.1, -0.05) is 38.8 Å². The minimum absolute atomic E-state index is 0.0616. The summed E-state index contributed by atoms with van der Waals surface area (Å²) in [5.74, 6) is 0.219. The Morgan fingerprint density at radius 3 is 2.52 bits per heavy atom. The van der Waals surface area contributed by atoms with Crippen LogP contribution in [0, 0.1) is 5.92 Å². The van der Waals surface area contributed by atoms with E-state index < -0.39 is 10.0 Å². The molecule has 1 aromatic carbocycles. The van der Waals surface area contributed by atoms with Crippen LogP contribution < -0.4 is 14.8 Å². The number of rotatable bonds is 10. The Labute approximate surface area is 155 Å². The van der Waals surface area contributed by atoms with Crippen molar-refractivity contribution in [3.05, 3.63) is 23.2 Å². The fourth-order valence-electron chi connectivity index (χ4n) is 2.09. The van der Waals surface area contributed by atoms with Crippen LogP contribution in [0.5, 0.6) is 5.75 Å². The van der Waals surface area contributed by atoms with Crippen molar-refractivity contribution >= 4 is 27.5 Å². The molecule has 1 rings (SSSR count). The van der Waals surface area contributed by atoms with Crippen LogP contribution in [0.15, 0.2) is 23.1 Å². The van der Waals surface area contributed by atoms with E-state index in [1.807, 2.05) is 27.7 Å². The SMILES string of the molecule is CCC[C@H](C)NC(=O)COc1ccc(S(=O)(=O)NCC(C)C)cc1Cl. The monoisotopic (exact) mass is 390 g/mol. The van der Waals surface area contributed by atoms with E-state index in [9.17, 15) is 13.2 Å². The standard InChI is InChI=1S/C17H27ClN2O4S/c1-5-6-13(4)20-17(21)11-24-16-8-7-14(9-15(16)18)25(22,23)19-10-12(2)3/h7-9,12-13,19H,5-6,10-11H2,1-4H3,(H,20,21)/t13-/m0/s1. The van der Waals surface area contributed by atoms with Gasteiger partial charge < -0.3 is 10.1 Å². The normalized spacial score (nSPS) is 12.9. The first-order valence-electron chi connectivity index (χ1n) is 8.37. The van der Waals surface area contributed by atoms with Gasteiger partial charge >= 0.3 is 0 Å². The van der Waals surface area contributed by atoms with Crippen molar-refractivity contribution in [2.75, 3.05) is 13.2 Å². The molecule has 0 radical (unpaired) electrons. The molecule has 0 aliphatic heterocycles. The van der Waals surface area contributed by atoms with E-state index in [0.29, 0.717) is 6.54 Å². The summed E-state index contributed by atoms with van der Waals surface area (Å²) in [6.45, 7) is 7.97. The highest BCUT2D eigenvalue weighted by Crippen LogP contribution is 2.27. The second-order valence-corrected chi connectivity index (χ2v) is 8.56. The van der Waals surface area contributed by atoms with Gasteiger partial charge in [0.25, 0.3) is 5.91 Å². The van der Waals surface area contributed by atoms with Gasteiger partial charge in [0.15, 0.2) is 6.61 Å². The topological polar surface area (TPSA) is 84.5 Å². The molecule has 0 aromatic heterocycles. The largest absolute Gasteiger partial charge is 0.482 e. The predicted octanol–water partition coefficient (Wildman–Crippen LogP) is 2.96. The van der Waals surface area contributed by atoms with Crippen LogP contribution in [0.25, 0.3) is 0 Å². The lowest BCUT2D eigenvalue weighted by atomic mass is 10.2. The van der Waals surface area contributed by atoms with Gasteiger partial charge in [0.05, 0.1) is 9.92 Å². The van der Waals surface area contributed by atoms with Crippen molar-refractivity contribution in [2.45, 2.75) is 51.5 Å². The zero-order valence-corrected chi connectivity index (χ0v) is 16.7. The fraction of sp³-hybridized carbons (Fsp3) is 0.588. The van der Waals surface area contributed by atoms with E-state index in [-0.39, 0.29) is 40.1 Å². The summed E-state index contributed by atoms with van der Waals surface area (Å²) >= 11 is 6.09. The third kappa shape index (κ3) is 7.63. The molecule has 1 aromatic rings. The predicted molar refractivity (Wildman–Crippen MR) is 99.5 cm³/mol. The number of sulfonamides is 1. The van der Waals surface area contributed by atoms with Gasteiger partial charge in [-0.15, -0.1) is 0 Å². The maximum atomic E-state index is 12.2. The molecule has 0 bridgehead atoms. The van der Waals surface area contributed by atoms with Crippen LogP contribution in [0.4, 0.5) is 0 Å². The van der Waals surface area contributed by atoms with Gasteiger partial charge in [-0.3, -0.25) is 4.79 Å². The number of halogens is 1. The molecule has 1 amide bonds. The molecule has 2 N–H and O–H groups in total. The highest BCUT2D eigenvalue weighted by molar-refractivity contribution is 7.89. The second-order valence-electron chi connectivity index (χ2n) is 6.38. The van der Waals surface area contributed by atoms with Gasteiger partial charge in [-0.05, 0) is 37.5 Å². The third-order valence-corrected chi connectivity index (χ3v) is 5.10. The lowest BCUT2D eigenvalue weighted by Crippen LogP contribution is -2.36. The average molecular weight is 391 g/mol. The van der Waals surface area contributed by atoms with Crippen molar-refractivity contribution in [1.29, 1.82) is 0 Å². The Kier molecular flexibility index (Phi) is 8.68. The van der Waals surface area contributed by atoms with Gasteiger partial charge in [-0.25, -0.2) is 13.1 Å². The fourth-order valence-corrected chi connectivity index (χ4v) is 3.63. The number of nitrogens with one attached hydrogen (secondary N) is 2. The van der Waals surface area contributed by atoms with E-state index in [4.69, 9.17) is 16.3 Å². The summed E-state index contributed by atoms with van der Waals surface area (Å²) in [5.41, 5.74) is 0. The van der Waals surface area contributed by atoms with E-state index in [0.717, 1.165) is 12.8 Å². The first kappa shape index (κ1) is 21.7. The van der Waals surface area contributed by atoms with Gasteiger partial charge in [0, 0.05) is 12.6 Å². The maximum Gasteiger partial charge on any atom is 0.258 e. The van der Waals surface area contributed by atoms with Crippen LogP contribution in [-0.4, -0.2) is 33.5 Å². The average Bonchev–Trinajstić information content (AvgIpc) is 2.52. The number of hydrogen-bond donors (Lipinski definition) is 2. The Balaban J connectivity index is 2.68. The van der Waals surface area contributed by atoms with Crippen LogP contribution in [0.2, 0.25) is 5.02 Å². The molecular weight excluding hydrogens is 364 g/mol. The summed E-state index contributed by atoms with van der Waals surface area (Å²) in [4.78, 5) is 11.9. The molecule has 0 fully saturated rings. The third-order valence-electron chi connectivity index (χ3n) is 3.38. The molecule has 0 spiro atoms. The number of ether oxygens (including phenoxy) is 1. The Hall–Kier alpha value is -1.31. The van der Waals surface area contributed by atoms with E-state index in [1.54, 1.807) is 0 Å². The molecule has 1 atom stereocenters. The number of amides is 1.